The van der Waals surface area contributed by atoms with Crippen molar-refractivity contribution < 1.29 is 29.0 Å². The van der Waals surface area contributed by atoms with E-state index in [-0.39, 0.29) is 0 Å². The van der Waals surface area contributed by atoms with Crippen LogP contribution < -0.4 is 20.1 Å². The Bertz CT molecular complexity index is 705. The molecule has 0 fully saturated rings. The molecule has 0 heterocycles. The van der Waals surface area contributed by atoms with E-state index in [1.54, 1.807) is 23.5 Å². The van der Waals surface area contributed by atoms with Gasteiger partial charge in [-0.3, -0.25) is 10.1 Å². The van der Waals surface area contributed by atoms with E-state index in [2.05, 4.69) is 0 Å². The number of carbonyl (C=O) groups excluding carboxylic acids is 2. The summed E-state index contributed by atoms with van der Waals surface area (Å²) in [4.78, 5) is 33.1. The molecule has 0 saturated carbocycles. The lowest BCUT2D eigenvalue weighted by Crippen LogP contribution is -2.42. The topological polar surface area (TPSA) is 138 Å². The van der Waals surface area contributed by atoms with Crippen LogP contribution in [0, 0.1) is 11.3 Å². The van der Waals surface area contributed by atoms with Crippen LogP contribution in [0.5, 0.6) is 11.5 Å². The Hall–Kier alpha value is -3.54. The largest absolute Gasteiger partial charge is 0.493 e. The number of ether oxygens (including phenoxy) is 2. The molecule has 0 aliphatic carbocycles. The van der Waals surface area contributed by atoms with Crippen molar-refractivity contribution in [3.05, 3.63) is 29.3 Å². The molecule has 9 nitrogen and oxygen atoms in total. The molecular weight excluding hydrogens is 306 g/mol. The summed E-state index contributed by atoms with van der Waals surface area (Å²) in [5.41, 5.74) is 0.0609. The Morgan fingerprint density at radius 1 is 1.17 bits per heavy atom. The molecule has 1 aromatic carbocycles. The second kappa shape index (κ2) is 8.04. The Kier molecular flexibility index (Phi) is 6.12. The summed E-state index contributed by atoms with van der Waals surface area (Å²) in [7, 11) is 2.89. The number of hydrogen-bond acceptors (Lipinski definition) is 6. The lowest BCUT2D eigenvalue weighted by Gasteiger charge is -2.08. The van der Waals surface area contributed by atoms with Crippen LogP contribution in [0.15, 0.2) is 23.8 Å². The van der Waals surface area contributed by atoms with Crippen LogP contribution >= 0.6 is 0 Å². The summed E-state index contributed by atoms with van der Waals surface area (Å²) in [6.07, 6.45) is -0.414. The molecule has 4 amide bonds. The van der Waals surface area contributed by atoms with Gasteiger partial charge >= 0.3 is 12.1 Å². The molecule has 120 valence electrons. The Labute approximate surface area is 131 Å². The number of carboxylic acid groups (broad SMARTS) is 1. The third-order valence-corrected chi connectivity index (χ3v) is 2.53. The molecule has 3 N–H and O–H groups in total. The zero-order valence-corrected chi connectivity index (χ0v) is 12.2. The van der Waals surface area contributed by atoms with Crippen molar-refractivity contribution in [1.82, 2.24) is 10.6 Å². The number of hydrogen-bond donors (Lipinski definition) is 3. The van der Waals surface area contributed by atoms with Crippen LogP contribution in [0.3, 0.4) is 0 Å². The maximum absolute atomic E-state index is 11.7. The maximum Gasteiger partial charge on any atom is 0.412 e. The lowest BCUT2D eigenvalue weighted by molar-refractivity contribution is -0.116. The van der Waals surface area contributed by atoms with Gasteiger partial charge in [-0.25, -0.2) is 14.9 Å². The van der Waals surface area contributed by atoms with E-state index in [0.717, 1.165) is 0 Å². The van der Waals surface area contributed by atoms with Gasteiger partial charge in [-0.15, -0.1) is 0 Å². The fraction of sp³-hybridized carbons (Fsp3) is 0.143. The Morgan fingerprint density at radius 3 is 2.35 bits per heavy atom. The van der Waals surface area contributed by atoms with Crippen molar-refractivity contribution in [3.8, 4) is 17.6 Å². The molecule has 0 radical (unpaired) electrons. The zero-order chi connectivity index (χ0) is 17.4. The summed E-state index contributed by atoms with van der Waals surface area (Å²) >= 11 is 0. The minimum absolute atomic E-state index is 0.391. The van der Waals surface area contributed by atoms with Crippen molar-refractivity contribution >= 4 is 24.1 Å². The van der Waals surface area contributed by atoms with Gasteiger partial charge in [0, 0.05) is 0 Å². The zero-order valence-electron chi connectivity index (χ0n) is 12.2. The number of amides is 4. The molecule has 1 aromatic rings. The van der Waals surface area contributed by atoms with E-state index in [0.29, 0.717) is 17.1 Å². The Morgan fingerprint density at radius 2 is 1.83 bits per heavy atom. The van der Waals surface area contributed by atoms with Crippen molar-refractivity contribution in [2.75, 3.05) is 14.2 Å². The first kappa shape index (κ1) is 17.5. The second-order valence-electron chi connectivity index (χ2n) is 4.00. The number of imide groups is 2. The SMILES string of the molecule is COc1ccc(/C=C(\C#N)C(=O)NC(=O)NC(=O)O)cc1OC. The Balaban J connectivity index is 2.99. The van der Waals surface area contributed by atoms with Gasteiger partial charge in [0.25, 0.3) is 5.91 Å². The highest BCUT2D eigenvalue weighted by Gasteiger charge is 2.15. The van der Waals surface area contributed by atoms with E-state index >= 15 is 0 Å². The molecule has 0 atom stereocenters. The van der Waals surface area contributed by atoms with E-state index in [9.17, 15) is 14.4 Å². The second-order valence-corrected chi connectivity index (χ2v) is 4.00. The highest BCUT2D eigenvalue weighted by atomic mass is 16.5. The number of benzene rings is 1. The van der Waals surface area contributed by atoms with Crippen molar-refractivity contribution in [2.45, 2.75) is 0 Å². The minimum atomic E-state index is -1.63. The van der Waals surface area contributed by atoms with Crippen LogP contribution in [-0.4, -0.2) is 37.4 Å². The van der Waals surface area contributed by atoms with E-state index < -0.39 is 23.6 Å². The first-order valence-electron chi connectivity index (χ1n) is 6.10. The third kappa shape index (κ3) is 5.05. The molecule has 0 bridgehead atoms. The molecule has 0 aromatic heterocycles. The summed E-state index contributed by atoms with van der Waals surface area (Å²) in [5.74, 6) is -0.183. The molecule has 0 saturated heterocycles. The van der Waals surface area contributed by atoms with Gasteiger partial charge in [-0.05, 0) is 23.8 Å². The fourth-order valence-corrected chi connectivity index (χ4v) is 1.56. The third-order valence-electron chi connectivity index (χ3n) is 2.53. The highest BCUT2D eigenvalue weighted by molar-refractivity contribution is 6.10. The summed E-state index contributed by atoms with van der Waals surface area (Å²) in [6.45, 7) is 0. The van der Waals surface area contributed by atoms with Crippen LogP contribution in [0.4, 0.5) is 9.59 Å². The van der Waals surface area contributed by atoms with E-state index in [1.165, 1.54) is 31.7 Å². The first-order valence-corrected chi connectivity index (χ1v) is 6.10. The first-order chi connectivity index (χ1) is 10.9. The summed E-state index contributed by atoms with van der Waals surface area (Å²) in [5, 5.41) is 20.5. The average Bonchev–Trinajstić information content (AvgIpc) is 2.51. The molecule has 9 heteroatoms. The van der Waals surface area contributed by atoms with Gasteiger partial charge in [-0.2, -0.15) is 5.26 Å². The molecule has 1 rings (SSSR count). The smallest absolute Gasteiger partial charge is 0.412 e. The number of nitrogens with zero attached hydrogens (tertiary/aromatic N) is 1. The fourth-order valence-electron chi connectivity index (χ4n) is 1.56. The van der Waals surface area contributed by atoms with Crippen molar-refractivity contribution in [1.29, 1.82) is 5.26 Å². The lowest BCUT2D eigenvalue weighted by atomic mass is 10.1. The molecule has 0 spiro atoms. The predicted octanol–water partition coefficient (Wildman–Crippen LogP) is 1.11. The molecule has 0 aliphatic heterocycles. The van der Waals surface area contributed by atoms with Gasteiger partial charge in [0.15, 0.2) is 11.5 Å². The van der Waals surface area contributed by atoms with Crippen LogP contribution in [-0.2, 0) is 4.79 Å². The number of urea groups is 1. The number of nitrogens with one attached hydrogen (secondary N) is 2. The average molecular weight is 319 g/mol. The van der Waals surface area contributed by atoms with Crippen molar-refractivity contribution in [3.63, 3.8) is 0 Å². The number of rotatable bonds is 4. The summed E-state index contributed by atoms with van der Waals surface area (Å²) < 4.78 is 10.2. The van der Waals surface area contributed by atoms with Gasteiger partial charge in [-0.1, -0.05) is 6.07 Å². The molecular formula is C14H13N3O6. The van der Waals surface area contributed by atoms with E-state index in [4.69, 9.17) is 19.8 Å². The molecule has 0 aliphatic rings. The van der Waals surface area contributed by atoms with Crippen LogP contribution in [0.1, 0.15) is 5.56 Å². The quantitative estimate of drug-likeness (QED) is 0.558. The maximum atomic E-state index is 11.7. The summed E-state index contributed by atoms with van der Waals surface area (Å²) in [6, 6.07) is 5.05. The highest BCUT2D eigenvalue weighted by Crippen LogP contribution is 2.28. The standard InChI is InChI=1S/C14H13N3O6/c1-22-10-4-3-8(6-11(10)23-2)5-9(7-15)12(18)16-13(19)17-14(20)21/h3-6H,1-2H3,(H,20,21)(H2,16,17,18,19)/b9-5+. The van der Waals surface area contributed by atoms with Gasteiger partial charge in [0.1, 0.15) is 11.6 Å². The van der Waals surface area contributed by atoms with E-state index in [1.807, 2.05) is 0 Å². The van der Waals surface area contributed by atoms with Gasteiger partial charge < -0.3 is 14.6 Å². The van der Waals surface area contributed by atoms with Crippen LogP contribution in [0.25, 0.3) is 6.08 Å². The number of methoxy groups -OCH3 is 2. The monoisotopic (exact) mass is 319 g/mol. The molecule has 23 heavy (non-hydrogen) atoms. The minimum Gasteiger partial charge on any atom is -0.493 e. The van der Waals surface area contributed by atoms with Gasteiger partial charge in [0.2, 0.25) is 0 Å². The molecule has 0 unspecified atom stereocenters. The van der Waals surface area contributed by atoms with Crippen molar-refractivity contribution in [2.24, 2.45) is 0 Å². The van der Waals surface area contributed by atoms with Gasteiger partial charge in [0.05, 0.1) is 14.2 Å². The van der Waals surface area contributed by atoms with Crippen LogP contribution in [0.2, 0.25) is 0 Å². The normalized spacial score (nSPS) is 10.2. The number of nitriles is 1. The predicted molar refractivity (Wildman–Crippen MR) is 77.8 cm³/mol. The number of carbonyl (C=O) groups is 3.